The molecule has 1 spiro atoms. The minimum atomic E-state index is 0.0258. The average Bonchev–Trinajstić information content (AvgIpc) is 3.02. The second kappa shape index (κ2) is 5.65. The molecular weight excluding hydrogens is 242 g/mol. The van der Waals surface area contributed by atoms with Gasteiger partial charge in [-0.25, -0.2) is 0 Å². The normalized spacial score (nSPS) is 32.2. The summed E-state index contributed by atoms with van der Waals surface area (Å²) in [5.74, 6) is 0.546. The molecular formula is C15H23NO3. The average molecular weight is 265 g/mol. The molecule has 106 valence electrons. The summed E-state index contributed by atoms with van der Waals surface area (Å²) in [5, 5.41) is 0. The van der Waals surface area contributed by atoms with Crippen LogP contribution in [-0.4, -0.2) is 43.9 Å². The number of rotatable bonds is 4. The number of morpholine rings is 1. The van der Waals surface area contributed by atoms with Crippen LogP contribution in [0.5, 0.6) is 0 Å². The van der Waals surface area contributed by atoms with Crippen LogP contribution in [0.3, 0.4) is 0 Å². The lowest BCUT2D eigenvalue weighted by Gasteiger charge is -2.44. The number of nitrogens with zero attached hydrogens (tertiary/aromatic N) is 1. The molecule has 0 unspecified atom stereocenters. The van der Waals surface area contributed by atoms with Gasteiger partial charge in [-0.2, -0.15) is 0 Å². The van der Waals surface area contributed by atoms with Crippen LogP contribution in [0.1, 0.15) is 24.8 Å². The molecule has 0 aromatic carbocycles. The van der Waals surface area contributed by atoms with Gasteiger partial charge in [0.2, 0.25) is 0 Å². The highest BCUT2D eigenvalue weighted by molar-refractivity contribution is 5.06. The van der Waals surface area contributed by atoms with Gasteiger partial charge in [0, 0.05) is 38.2 Å². The number of furan rings is 1. The molecule has 1 saturated heterocycles. The molecule has 2 fully saturated rings. The van der Waals surface area contributed by atoms with E-state index in [1.54, 1.807) is 13.4 Å². The zero-order valence-corrected chi connectivity index (χ0v) is 11.6. The predicted octanol–water partition coefficient (Wildman–Crippen LogP) is 2.30. The number of ether oxygens (including phenoxy) is 2. The van der Waals surface area contributed by atoms with Crippen molar-refractivity contribution in [2.45, 2.75) is 31.4 Å². The fraction of sp³-hybridized carbons (Fsp3) is 0.733. The molecule has 1 aromatic heterocycles. The summed E-state index contributed by atoms with van der Waals surface area (Å²) in [6, 6.07) is 2.05. The van der Waals surface area contributed by atoms with Crippen molar-refractivity contribution in [2.24, 2.45) is 5.92 Å². The van der Waals surface area contributed by atoms with Gasteiger partial charge in [-0.05, 0) is 18.9 Å². The van der Waals surface area contributed by atoms with Crippen LogP contribution >= 0.6 is 0 Å². The van der Waals surface area contributed by atoms with Gasteiger partial charge in [0.15, 0.2) is 0 Å². The Labute approximate surface area is 114 Å². The van der Waals surface area contributed by atoms with E-state index in [-0.39, 0.29) is 5.60 Å². The summed E-state index contributed by atoms with van der Waals surface area (Å²) in [5.41, 5.74) is 1.27. The van der Waals surface area contributed by atoms with E-state index in [2.05, 4.69) is 4.90 Å². The summed E-state index contributed by atoms with van der Waals surface area (Å²) in [4.78, 5) is 2.49. The molecule has 0 N–H and O–H groups in total. The molecule has 4 heteroatoms. The van der Waals surface area contributed by atoms with E-state index in [0.717, 1.165) is 32.8 Å². The third-order valence-corrected chi connectivity index (χ3v) is 4.54. The van der Waals surface area contributed by atoms with Crippen molar-refractivity contribution in [1.82, 2.24) is 4.90 Å². The molecule has 0 amide bonds. The summed E-state index contributed by atoms with van der Waals surface area (Å²) in [7, 11) is 1.79. The fourth-order valence-electron chi connectivity index (χ4n) is 3.61. The Hall–Kier alpha value is -0.840. The number of hydrogen-bond donors (Lipinski definition) is 0. The highest BCUT2D eigenvalue weighted by atomic mass is 16.5. The molecule has 2 heterocycles. The van der Waals surface area contributed by atoms with Crippen molar-refractivity contribution in [3.05, 3.63) is 24.2 Å². The van der Waals surface area contributed by atoms with Crippen molar-refractivity contribution < 1.29 is 13.9 Å². The van der Waals surface area contributed by atoms with Gasteiger partial charge < -0.3 is 13.9 Å². The van der Waals surface area contributed by atoms with Crippen LogP contribution in [-0.2, 0) is 16.0 Å². The van der Waals surface area contributed by atoms with E-state index in [4.69, 9.17) is 13.9 Å². The summed E-state index contributed by atoms with van der Waals surface area (Å²) < 4.78 is 16.7. The van der Waals surface area contributed by atoms with Crippen LogP contribution in [0.25, 0.3) is 0 Å². The fourth-order valence-corrected chi connectivity index (χ4v) is 3.61. The lowest BCUT2D eigenvalue weighted by Crippen LogP contribution is -2.54. The van der Waals surface area contributed by atoms with E-state index < -0.39 is 0 Å². The monoisotopic (exact) mass is 265 g/mol. The zero-order valence-electron chi connectivity index (χ0n) is 11.6. The van der Waals surface area contributed by atoms with E-state index in [9.17, 15) is 0 Å². The lowest BCUT2D eigenvalue weighted by molar-refractivity contribution is -0.141. The number of methoxy groups -OCH3 is 1. The van der Waals surface area contributed by atoms with Crippen LogP contribution in [0, 0.1) is 5.92 Å². The largest absolute Gasteiger partial charge is 0.472 e. The zero-order chi connectivity index (χ0) is 13.1. The Morgan fingerprint density at radius 3 is 3.26 bits per heavy atom. The van der Waals surface area contributed by atoms with Gasteiger partial charge in [0.1, 0.15) is 0 Å². The summed E-state index contributed by atoms with van der Waals surface area (Å²) in [6.45, 7) is 4.64. The van der Waals surface area contributed by atoms with E-state index in [1.165, 1.54) is 24.8 Å². The smallest absolute Gasteiger partial charge is 0.0947 e. The quantitative estimate of drug-likeness (QED) is 0.836. The first-order valence-electron chi connectivity index (χ1n) is 7.19. The Balaban J connectivity index is 1.66. The van der Waals surface area contributed by atoms with Gasteiger partial charge in [-0.3, -0.25) is 4.90 Å². The highest BCUT2D eigenvalue weighted by Crippen LogP contribution is 2.41. The van der Waals surface area contributed by atoms with Crippen LogP contribution in [0.4, 0.5) is 0 Å². The minimum absolute atomic E-state index is 0.0258. The molecule has 2 aliphatic rings. The molecule has 0 radical (unpaired) electrons. The van der Waals surface area contributed by atoms with E-state index >= 15 is 0 Å². The van der Waals surface area contributed by atoms with Gasteiger partial charge in [0.05, 0.1) is 31.3 Å². The third-order valence-electron chi connectivity index (χ3n) is 4.54. The maximum absolute atomic E-state index is 6.20. The predicted molar refractivity (Wildman–Crippen MR) is 71.9 cm³/mol. The molecule has 1 aliphatic carbocycles. The van der Waals surface area contributed by atoms with E-state index in [1.807, 2.05) is 12.3 Å². The first-order valence-corrected chi connectivity index (χ1v) is 7.19. The molecule has 4 nitrogen and oxygen atoms in total. The van der Waals surface area contributed by atoms with E-state index in [0.29, 0.717) is 5.92 Å². The van der Waals surface area contributed by atoms with Gasteiger partial charge >= 0.3 is 0 Å². The first-order chi connectivity index (χ1) is 9.32. The second-order valence-corrected chi connectivity index (χ2v) is 5.80. The van der Waals surface area contributed by atoms with Gasteiger partial charge in [-0.15, -0.1) is 0 Å². The molecule has 1 saturated carbocycles. The van der Waals surface area contributed by atoms with Crippen molar-refractivity contribution in [2.75, 3.05) is 33.4 Å². The maximum atomic E-state index is 6.20. The molecule has 19 heavy (non-hydrogen) atoms. The highest BCUT2D eigenvalue weighted by Gasteiger charge is 2.46. The van der Waals surface area contributed by atoms with Crippen LogP contribution in [0.2, 0.25) is 0 Å². The van der Waals surface area contributed by atoms with Crippen LogP contribution < -0.4 is 0 Å². The molecule has 3 rings (SSSR count). The number of hydrogen-bond acceptors (Lipinski definition) is 4. The van der Waals surface area contributed by atoms with Crippen molar-refractivity contribution in [3.63, 3.8) is 0 Å². The van der Waals surface area contributed by atoms with Crippen molar-refractivity contribution >= 4 is 0 Å². The minimum Gasteiger partial charge on any atom is -0.472 e. The molecule has 1 aromatic rings. The molecule has 2 atom stereocenters. The Morgan fingerprint density at radius 1 is 1.53 bits per heavy atom. The van der Waals surface area contributed by atoms with Crippen LogP contribution in [0.15, 0.2) is 23.0 Å². The Bertz CT molecular complexity index is 392. The third kappa shape index (κ3) is 2.71. The Kier molecular flexibility index (Phi) is 3.91. The maximum Gasteiger partial charge on any atom is 0.0947 e. The SMILES string of the molecule is COC[C@@H]1CCC[C@]12CN(Cc1ccoc1)CCO2. The topological polar surface area (TPSA) is 34.8 Å². The summed E-state index contributed by atoms with van der Waals surface area (Å²) in [6.07, 6.45) is 7.24. The summed E-state index contributed by atoms with van der Waals surface area (Å²) >= 11 is 0. The second-order valence-electron chi connectivity index (χ2n) is 5.80. The first kappa shape index (κ1) is 13.2. The molecule has 1 aliphatic heterocycles. The van der Waals surface area contributed by atoms with Gasteiger partial charge in [0.25, 0.3) is 0 Å². The van der Waals surface area contributed by atoms with Crippen molar-refractivity contribution in [3.8, 4) is 0 Å². The standard InChI is InChI=1S/C15H23NO3/c1-17-11-14-3-2-5-15(14)12-16(6-8-19-15)9-13-4-7-18-10-13/h4,7,10,14H,2-3,5-6,8-9,11-12H2,1H3/t14-,15-/m0/s1. The Morgan fingerprint density at radius 2 is 2.47 bits per heavy atom. The van der Waals surface area contributed by atoms with Gasteiger partial charge in [-0.1, -0.05) is 6.42 Å². The molecule has 0 bridgehead atoms. The lowest BCUT2D eigenvalue weighted by atomic mass is 9.89. The van der Waals surface area contributed by atoms with Crippen molar-refractivity contribution in [1.29, 1.82) is 0 Å².